The largest absolute Gasteiger partial charge is 0.507 e. The number of rotatable bonds is 4. The van der Waals surface area contributed by atoms with Crippen LogP contribution in [0.1, 0.15) is 48.2 Å². The lowest BCUT2D eigenvalue weighted by molar-refractivity contribution is -0.196. The van der Waals surface area contributed by atoms with Gasteiger partial charge in [0.2, 0.25) is 5.91 Å². The van der Waals surface area contributed by atoms with Gasteiger partial charge >= 0.3 is 0 Å². The maximum absolute atomic E-state index is 13.9. The molecular formula is C26H31ClN2O8. The average molecular weight is 535 g/mol. The minimum Gasteiger partial charge on any atom is -0.507 e. The Morgan fingerprint density at radius 1 is 1.16 bits per heavy atom. The lowest BCUT2D eigenvalue weighted by Gasteiger charge is -2.56. The predicted molar refractivity (Wildman–Crippen MR) is 131 cm³/mol. The molecule has 1 aromatic carbocycles. The Morgan fingerprint density at radius 3 is 2.27 bits per heavy atom. The van der Waals surface area contributed by atoms with E-state index in [1.165, 1.54) is 19.0 Å². The maximum Gasteiger partial charge on any atom is 0.235 e. The molecule has 2 unspecified atom stereocenters. The molecule has 3 aliphatic rings. The molecule has 3 aliphatic carbocycles. The van der Waals surface area contributed by atoms with E-state index in [1.807, 2.05) is 0 Å². The van der Waals surface area contributed by atoms with Crippen LogP contribution in [0.25, 0.3) is 0 Å². The number of carbonyl (C=O) groups is 5. The molecule has 4 rings (SSSR count). The van der Waals surface area contributed by atoms with Crippen molar-refractivity contribution in [2.45, 2.75) is 49.9 Å². The fourth-order valence-corrected chi connectivity index (χ4v) is 6.75. The summed E-state index contributed by atoms with van der Waals surface area (Å²) in [6.07, 6.45) is -1.66. The summed E-state index contributed by atoms with van der Waals surface area (Å²) in [6.45, 7) is 5.21. The molecule has 0 spiro atoms. The van der Waals surface area contributed by atoms with Crippen LogP contribution < -0.4 is 5.73 Å². The van der Waals surface area contributed by atoms with Gasteiger partial charge in [0.1, 0.15) is 5.75 Å². The van der Waals surface area contributed by atoms with E-state index >= 15 is 0 Å². The van der Waals surface area contributed by atoms with E-state index in [2.05, 4.69) is 0 Å². The zero-order valence-corrected chi connectivity index (χ0v) is 21.9. The van der Waals surface area contributed by atoms with Gasteiger partial charge < -0.3 is 21.1 Å². The van der Waals surface area contributed by atoms with Crippen LogP contribution in [-0.2, 0) is 24.6 Å². The number of benzene rings is 1. The standard InChI is InChI=1S/C26H31ClN2O8/c1-9-10-6-7-11(25(2,3)8-27)18(30)13(10)19(31)14-12(9)20(32)16-17(29(4)5)21(33)15(24(28)36)23(35)26(16,37)22(14)34/h6-7,9,12,14-17,20,30,32,37H,8H2,1-5H3,(H2,28,36)/t9-,12+,14?,15?,16+,17-,20-,26-/m1/s1. The lowest BCUT2D eigenvalue weighted by Crippen LogP contribution is -2.77. The van der Waals surface area contributed by atoms with Crippen LogP contribution in [-0.4, -0.2) is 87.0 Å². The quantitative estimate of drug-likeness (QED) is 0.304. The zero-order valence-electron chi connectivity index (χ0n) is 21.2. The number of aliphatic hydroxyl groups excluding tert-OH is 1. The fraction of sp³-hybridized carbons (Fsp3) is 0.577. The summed E-state index contributed by atoms with van der Waals surface area (Å²) in [5.41, 5.74) is 2.20. The van der Waals surface area contributed by atoms with Crippen LogP contribution in [0.4, 0.5) is 0 Å². The van der Waals surface area contributed by atoms with E-state index in [-0.39, 0.29) is 17.2 Å². The van der Waals surface area contributed by atoms with Gasteiger partial charge in [-0.25, -0.2) is 0 Å². The summed E-state index contributed by atoms with van der Waals surface area (Å²) >= 11 is 6.08. The number of hydrogen-bond acceptors (Lipinski definition) is 9. The van der Waals surface area contributed by atoms with E-state index in [0.717, 1.165) is 0 Å². The summed E-state index contributed by atoms with van der Waals surface area (Å²) in [5, 5.41) is 34.4. The summed E-state index contributed by atoms with van der Waals surface area (Å²) in [4.78, 5) is 67.7. The summed E-state index contributed by atoms with van der Waals surface area (Å²) in [7, 11) is 2.89. The van der Waals surface area contributed by atoms with Gasteiger partial charge in [-0.05, 0) is 25.6 Å². The van der Waals surface area contributed by atoms with Crippen molar-refractivity contribution in [3.63, 3.8) is 0 Å². The Balaban J connectivity index is 1.95. The number of amides is 1. The van der Waals surface area contributed by atoms with Gasteiger partial charge in [0.05, 0.1) is 29.5 Å². The number of aliphatic hydroxyl groups is 2. The Hall–Kier alpha value is -2.66. The number of primary amides is 1. The number of Topliss-reactive ketones (excluding diaryl/α,β-unsaturated/α-hetero) is 4. The second-order valence-electron chi connectivity index (χ2n) is 11.3. The molecule has 0 bridgehead atoms. The van der Waals surface area contributed by atoms with E-state index in [9.17, 15) is 39.3 Å². The first-order valence-electron chi connectivity index (χ1n) is 12.0. The number of nitrogens with zero attached hydrogens (tertiary/aromatic N) is 1. The minimum atomic E-state index is -3.02. The molecular weight excluding hydrogens is 504 g/mol. The van der Waals surface area contributed by atoms with Crippen LogP contribution in [0.5, 0.6) is 5.75 Å². The van der Waals surface area contributed by atoms with Crippen molar-refractivity contribution in [1.29, 1.82) is 0 Å². The number of phenols is 1. The van der Waals surface area contributed by atoms with Crippen molar-refractivity contribution in [1.82, 2.24) is 4.90 Å². The first-order valence-corrected chi connectivity index (χ1v) is 12.5. The Kier molecular flexibility index (Phi) is 6.43. The minimum absolute atomic E-state index is 0.122. The number of halogens is 1. The number of fused-ring (bicyclic) bond motifs is 3. The lowest BCUT2D eigenvalue weighted by atomic mass is 9.49. The van der Waals surface area contributed by atoms with Crippen LogP contribution in [0.15, 0.2) is 12.1 Å². The van der Waals surface area contributed by atoms with Crippen LogP contribution in [0, 0.1) is 23.7 Å². The second kappa shape index (κ2) is 8.69. The smallest absolute Gasteiger partial charge is 0.235 e. The molecule has 1 aromatic rings. The summed E-state index contributed by atoms with van der Waals surface area (Å²) < 4.78 is 0. The molecule has 11 heteroatoms. The number of hydrogen-bond donors (Lipinski definition) is 4. The molecule has 10 nitrogen and oxygen atoms in total. The first-order chi connectivity index (χ1) is 17.0. The monoisotopic (exact) mass is 534 g/mol. The molecule has 5 N–H and O–H groups in total. The number of carbonyl (C=O) groups excluding carboxylic acids is 5. The molecule has 2 fully saturated rings. The van der Waals surface area contributed by atoms with E-state index < -0.39 is 81.8 Å². The van der Waals surface area contributed by atoms with Gasteiger partial charge in [-0.3, -0.25) is 28.9 Å². The molecule has 8 atom stereocenters. The summed E-state index contributed by atoms with van der Waals surface area (Å²) in [6, 6.07) is 1.88. The van der Waals surface area contributed by atoms with Gasteiger partial charge in [-0.1, -0.05) is 32.9 Å². The highest BCUT2D eigenvalue weighted by atomic mass is 35.5. The molecule has 200 valence electrons. The SMILES string of the molecule is C[C@@H]1c2ccc(C(C)(C)CCl)c(O)c2C(=O)C2C(=O)[C@@]3(O)C(=O)C(C(N)=O)C(=O)[C@H](N(C)C)[C@H]3[C@H](O)[C@H]21. The molecule has 1 amide bonds. The summed E-state index contributed by atoms with van der Waals surface area (Å²) in [5.74, 6) is -13.2. The highest BCUT2D eigenvalue weighted by Gasteiger charge is 2.72. The van der Waals surface area contributed by atoms with Crippen molar-refractivity contribution in [2.24, 2.45) is 29.4 Å². The number of aromatic hydroxyl groups is 1. The molecule has 0 radical (unpaired) electrons. The third-order valence-electron chi connectivity index (χ3n) is 8.55. The molecule has 37 heavy (non-hydrogen) atoms. The third-order valence-corrected chi connectivity index (χ3v) is 9.22. The maximum atomic E-state index is 13.9. The number of nitrogens with two attached hydrogens (primary N) is 1. The number of likely N-dealkylation sites (N-methyl/N-ethyl adjacent to an activating group) is 1. The van der Waals surface area contributed by atoms with Crippen molar-refractivity contribution in [3.8, 4) is 5.75 Å². The molecule has 0 aliphatic heterocycles. The predicted octanol–water partition coefficient (Wildman–Crippen LogP) is -0.0848. The number of alkyl halides is 1. The fourth-order valence-electron chi connectivity index (χ4n) is 6.61. The van der Waals surface area contributed by atoms with Crippen molar-refractivity contribution in [2.75, 3.05) is 20.0 Å². The van der Waals surface area contributed by atoms with Gasteiger partial charge in [-0.2, -0.15) is 0 Å². The van der Waals surface area contributed by atoms with Gasteiger partial charge in [0, 0.05) is 22.8 Å². The van der Waals surface area contributed by atoms with Crippen molar-refractivity contribution >= 4 is 40.6 Å². The van der Waals surface area contributed by atoms with Gasteiger partial charge in [-0.15, -0.1) is 11.6 Å². The van der Waals surface area contributed by atoms with E-state index in [0.29, 0.717) is 11.1 Å². The number of ketones is 4. The second-order valence-corrected chi connectivity index (χ2v) is 11.6. The number of phenolic OH excluding ortho intramolecular Hbond substituents is 1. The van der Waals surface area contributed by atoms with Crippen LogP contribution >= 0.6 is 11.6 Å². The van der Waals surface area contributed by atoms with Crippen molar-refractivity contribution in [3.05, 3.63) is 28.8 Å². The third kappa shape index (κ3) is 3.46. The zero-order chi connectivity index (χ0) is 27.9. The van der Waals surface area contributed by atoms with E-state index in [4.69, 9.17) is 17.3 Å². The Morgan fingerprint density at radius 2 is 1.76 bits per heavy atom. The highest BCUT2D eigenvalue weighted by Crippen LogP contribution is 2.55. The van der Waals surface area contributed by atoms with Crippen LogP contribution in [0.3, 0.4) is 0 Å². The first kappa shape index (κ1) is 27.4. The normalized spacial score (nSPS) is 35.8. The van der Waals surface area contributed by atoms with E-state index in [1.54, 1.807) is 32.9 Å². The molecule has 2 saturated carbocycles. The van der Waals surface area contributed by atoms with Crippen molar-refractivity contribution < 1.29 is 39.3 Å². The average Bonchev–Trinajstić information content (AvgIpc) is 2.80. The Bertz CT molecular complexity index is 1240. The van der Waals surface area contributed by atoms with Gasteiger partial charge in [0.15, 0.2) is 34.7 Å². The van der Waals surface area contributed by atoms with Crippen LogP contribution in [0.2, 0.25) is 0 Å². The molecule has 0 aromatic heterocycles. The topological polar surface area (TPSA) is 175 Å². The van der Waals surface area contributed by atoms with Gasteiger partial charge in [0.25, 0.3) is 0 Å². The highest BCUT2D eigenvalue weighted by molar-refractivity contribution is 6.32. The molecule has 0 heterocycles. The molecule has 0 saturated heterocycles. The Labute approximate surface area is 218 Å².